The molecule has 0 saturated carbocycles. The number of nitrogens with zero attached hydrogens (tertiary/aromatic N) is 2. The molecule has 3 aromatic carbocycles. The number of aryl methyl sites for hydroxylation is 1. The highest BCUT2D eigenvalue weighted by molar-refractivity contribution is 7.90. The zero-order valence-electron chi connectivity index (χ0n) is 26.9. The summed E-state index contributed by atoms with van der Waals surface area (Å²) in [4.78, 5) is 32.9. The molecule has 11 heteroatoms. The van der Waals surface area contributed by atoms with Crippen LogP contribution in [0.25, 0.3) is 0 Å². The van der Waals surface area contributed by atoms with E-state index in [2.05, 4.69) is 15.6 Å². The van der Waals surface area contributed by atoms with E-state index < -0.39 is 27.9 Å². The van der Waals surface area contributed by atoms with Crippen LogP contribution in [0.5, 0.6) is 0 Å². The van der Waals surface area contributed by atoms with Crippen LogP contribution >= 0.6 is 11.3 Å². The van der Waals surface area contributed by atoms with Gasteiger partial charge in [0.2, 0.25) is 0 Å². The SMILES string of the molecule is Cc1csc(CN(C)C(=O)c2cccc(C(=O)N[C@@H](Cc3ccccc3)[C@H](O)CNCc3cc(C(C)C)cc(S(C)(=O)=O)c3)c2)n1. The maximum atomic E-state index is 13.5. The van der Waals surface area contributed by atoms with Gasteiger partial charge in [-0.3, -0.25) is 9.59 Å². The van der Waals surface area contributed by atoms with Gasteiger partial charge in [0, 0.05) is 48.6 Å². The lowest BCUT2D eigenvalue weighted by Gasteiger charge is -2.25. The maximum Gasteiger partial charge on any atom is 0.253 e. The highest BCUT2D eigenvalue weighted by Gasteiger charge is 2.24. The van der Waals surface area contributed by atoms with E-state index in [1.54, 1.807) is 48.3 Å². The number of amides is 2. The molecule has 4 aromatic rings. The van der Waals surface area contributed by atoms with Crippen molar-refractivity contribution in [1.82, 2.24) is 20.5 Å². The van der Waals surface area contributed by atoms with Crippen molar-refractivity contribution in [3.63, 3.8) is 0 Å². The fourth-order valence-electron chi connectivity index (χ4n) is 5.01. The number of benzene rings is 3. The zero-order valence-corrected chi connectivity index (χ0v) is 28.5. The van der Waals surface area contributed by atoms with Gasteiger partial charge in [0.05, 0.1) is 23.6 Å². The minimum absolute atomic E-state index is 0.146. The van der Waals surface area contributed by atoms with E-state index in [0.29, 0.717) is 30.6 Å². The number of aliphatic hydroxyl groups is 1. The molecule has 0 fully saturated rings. The highest BCUT2D eigenvalue weighted by atomic mass is 32.2. The lowest BCUT2D eigenvalue weighted by molar-refractivity contribution is 0.0784. The second-order valence-corrected chi connectivity index (χ2v) is 14.9. The molecule has 4 rings (SSSR count). The molecule has 3 N–H and O–H groups in total. The Bertz CT molecular complexity index is 1760. The quantitative estimate of drug-likeness (QED) is 0.178. The smallest absolute Gasteiger partial charge is 0.253 e. The maximum absolute atomic E-state index is 13.5. The number of carbonyl (C=O) groups is 2. The first-order valence-electron chi connectivity index (χ1n) is 15.1. The third-order valence-electron chi connectivity index (χ3n) is 7.60. The van der Waals surface area contributed by atoms with E-state index >= 15 is 0 Å². The van der Waals surface area contributed by atoms with Crippen LogP contribution < -0.4 is 10.6 Å². The van der Waals surface area contributed by atoms with Crippen LogP contribution in [-0.4, -0.2) is 67.2 Å². The van der Waals surface area contributed by atoms with Crippen molar-refractivity contribution < 1.29 is 23.1 Å². The van der Waals surface area contributed by atoms with Crippen LogP contribution in [0.3, 0.4) is 0 Å². The highest BCUT2D eigenvalue weighted by Crippen LogP contribution is 2.22. The van der Waals surface area contributed by atoms with Crippen molar-refractivity contribution >= 4 is 33.0 Å². The number of aromatic nitrogens is 1. The largest absolute Gasteiger partial charge is 0.390 e. The van der Waals surface area contributed by atoms with Crippen LogP contribution in [0.4, 0.5) is 0 Å². The number of rotatable bonds is 14. The summed E-state index contributed by atoms with van der Waals surface area (Å²) in [6.45, 7) is 6.77. The lowest BCUT2D eigenvalue weighted by atomic mass is 9.99. The van der Waals surface area contributed by atoms with E-state index in [1.807, 2.05) is 62.5 Å². The van der Waals surface area contributed by atoms with Gasteiger partial charge in [-0.25, -0.2) is 13.4 Å². The molecular formula is C35H42N4O5S2. The van der Waals surface area contributed by atoms with Gasteiger partial charge in [-0.1, -0.05) is 56.3 Å². The molecule has 9 nitrogen and oxygen atoms in total. The molecule has 0 radical (unpaired) electrons. The van der Waals surface area contributed by atoms with Gasteiger partial charge in [-0.05, 0) is 66.3 Å². The molecule has 46 heavy (non-hydrogen) atoms. The van der Waals surface area contributed by atoms with Gasteiger partial charge in [0.25, 0.3) is 11.8 Å². The van der Waals surface area contributed by atoms with E-state index in [0.717, 1.165) is 27.4 Å². The van der Waals surface area contributed by atoms with E-state index in [-0.39, 0.29) is 23.3 Å². The summed E-state index contributed by atoms with van der Waals surface area (Å²) in [7, 11) is -1.69. The van der Waals surface area contributed by atoms with Crippen molar-refractivity contribution in [2.45, 2.75) is 63.2 Å². The Labute approximate surface area is 275 Å². The number of aliphatic hydroxyl groups excluding tert-OH is 1. The summed E-state index contributed by atoms with van der Waals surface area (Å²) in [6, 6.07) is 20.8. The number of hydrogen-bond acceptors (Lipinski definition) is 8. The van der Waals surface area contributed by atoms with Crippen molar-refractivity contribution in [1.29, 1.82) is 0 Å². The van der Waals surface area contributed by atoms with Gasteiger partial charge >= 0.3 is 0 Å². The fourth-order valence-corrected chi connectivity index (χ4v) is 6.55. The first-order valence-corrected chi connectivity index (χ1v) is 17.9. The van der Waals surface area contributed by atoms with Crippen LogP contribution in [0.1, 0.15) is 67.9 Å². The first kappa shape index (κ1) is 35.0. The Morgan fingerprint density at radius 1 is 0.978 bits per heavy atom. The van der Waals surface area contributed by atoms with Crippen molar-refractivity contribution in [2.75, 3.05) is 19.8 Å². The normalized spacial score (nSPS) is 12.9. The minimum atomic E-state index is -3.39. The molecule has 0 unspecified atom stereocenters. The van der Waals surface area contributed by atoms with E-state index in [1.165, 1.54) is 17.6 Å². The van der Waals surface area contributed by atoms with Crippen LogP contribution in [-0.2, 0) is 29.3 Å². The molecule has 0 spiro atoms. The predicted molar refractivity (Wildman–Crippen MR) is 182 cm³/mol. The molecule has 244 valence electrons. The molecule has 2 atom stereocenters. The number of hydrogen-bond donors (Lipinski definition) is 3. The molecule has 0 aliphatic rings. The van der Waals surface area contributed by atoms with Crippen LogP contribution in [0.15, 0.2) is 83.1 Å². The number of nitrogens with one attached hydrogen (secondary N) is 2. The van der Waals surface area contributed by atoms with Crippen LogP contribution in [0, 0.1) is 6.92 Å². The van der Waals surface area contributed by atoms with Gasteiger partial charge < -0.3 is 20.6 Å². The second kappa shape index (κ2) is 15.6. The molecule has 0 aliphatic carbocycles. The lowest BCUT2D eigenvalue weighted by Crippen LogP contribution is -2.48. The van der Waals surface area contributed by atoms with Gasteiger partial charge in [-0.2, -0.15) is 0 Å². The fraction of sp³-hybridized carbons (Fsp3) is 0.343. The van der Waals surface area contributed by atoms with Gasteiger partial charge in [0.1, 0.15) is 5.01 Å². The monoisotopic (exact) mass is 662 g/mol. The van der Waals surface area contributed by atoms with E-state index in [9.17, 15) is 23.1 Å². The molecule has 1 aromatic heterocycles. The summed E-state index contributed by atoms with van der Waals surface area (Å²) >= 11 is 1.49. The summed E-state index contributed by atoms with van der Waals surface area (Å²) in [6.07, 6.45) is 0.604. The summed E-state index contributed by atoms with van der Waals surface area (Å²) < 4.78 is 24.5. The molecule has 1 heterocycles. The first-order chi connectivity index (χ1) is 21.8. The topological polar surface area (TPSA) is 129 Å². The molecule has 2 amide bonds. The molecule has 0 saturated heterocycles. The second-order valence-electron chi connectivity index (χ2n) is 11.9. The van der Waals surface area contributed by atoms with Crippen molar-refractivity contribution in [3.05, 3.63) is 117 Å². The summed E-state index contributed by atoms with van der Waals surface area (Å²) in [5.41, 5.74) is 4.24. The average Bonchev–Trinajstić information content (AvgIpc) is 3.44. The van der Waals surface area contributed by atoms with Crippen molar-refractivity contribution in [2.24, 2.45) is 0 Å². The van der Waals surface area contributed by atoms with Gasteiger partial charge in [-0.15, -0.1) is 11.3 Å². The summed E-state index contributed by atoms with van der Waals surface area (Å²) in [5.74, 6) is -0.489. The summed E-state index contributed by atoms with van der Waals surface area (Å²) in [5, 5.41) is 20.3. The standard InChI is InChI=1S/C35H42N4O5S2/c1-23(2)29-14-26(15-30(18-29)46(5,43)44)19-36-20-32(40)31(16-25-10-7-6-8-11-25)38-34(41)27-12-9-13-28(17-27)35(42)39(4)21-33-37-24(3)22-45-33/h6-15,17-18,22-23,31-32,36,40H,16,19-21H2,1-5H3,(H,38,41)/t31-,32+/m0/s1. The number of thiazole rings is 1. The Morgan fingerprint density at radius 2 is 1.70 bits per heavy atom. The predicted octanol–water partition coefficient (Wildman–Crippen LogP) is 4.74. The average molecular weight is 663 g/mol. The molecule has 0 aliphatic heterocycles. The third kappa shape index (κ3) is 9.80. The zero-order chi connectivity index (χ0) is 33.4. The number of carbonyl (C=O) groups excluding carboxylic acids is 2. The minimum Gasteiger partial charge on any atom is -0.390 e. The Balaban J connectivity index is 1.46. The van der Waals surface area contributed by atoms with Gasteiger partial charge in [0.15, 0.2) is 9.84 Å². The molecule has 0 bridgehead atoms. The van der Waals surface area contributed by atoms with E-state index in [4.69, 9.17) is 0 Å². The Morgan fingerprint density at radius 3 is 2.35 bits per heavy atom. The third-order valence-corrected chi connectivity index (χ3v) is 9.65. The van der Waals surface area contributed by atoms with Crippen LogP contribution in [0.2, 0.25) is 0 Å². The molecular weight excluding hydrogens is 621 g/mol. The van der Waals surface area contributed by atoms with Crippen molar-refractivity contribution in [3.8, 4) is 0 Å². The Hall–Kier alpha value is -3.90. The number of sulfone groups is 1. The Kier molecular flexibility index (Phi) is 11.9.